The average molecular weight is 330 g/mol. The number of carbonyl (C=O) groups excluding carboxylic acids is 3. The molecule has 7 nitrogen and oxygen atoms in total. The van der Waals surface area contributed by atoms with Gasteiger partial charge in [-0.05, 0) is 12.3 Å². The van der Waals surface area contributed by atoms with Crippen molar-refractivity contribution in [2.24, 2.45) is 5.92 Å². The molecule has 0 saturated carbocycles. The summed E-state index contributed by atoms with van der Waals surface area (Å²) in [6, 6.07) is 0. The van der Waals surface area contributed by atoms with Crippen LogP contribution in [-0.2, 0) is 33.3 Å². The van der Waals surface area contributed by atoms with Gasteiger partial charge in [-0.15, -0.1) is 0 Å². The molecule has 0 aliphatic carbocycles. The fraction of sp³-hybridized carbons (Fsp3) is 0.812. The topological polar surface area (TPSA) is 88.1 Å². The molecule has 23 heavy (non-hydrogen) atoms. The van der Waals surface area contributed by atoms with Crippen molar-refractivity contribution in [2.45, 2.75) is 78.5 Å². The molecular weight excluding hydrogens is 304 g/mol. The van der Waals surface area contributed by atoms with E-state index >= 15 is 0 Å². The van der Waals surface area contributed by atoms with Crippen LogP contribution in [0.4, 0.5) is 0 Å². The molecule has 1 fully saturated rings. The first-order valence-electron chi connectivity index (χ1n) is 7.84. The molecular formula is C16H26O7. The maximum absolute atomic E-state index is 11.5. The van der Waals surface area contributed by atoms with Gasteiger partial charge in [-0.25, -0.2) is 0 Å². The number of rotatable bonds is 5. The maximum Gasteiger partial charge on any atom is 0.303 e. The highest BCUT2D eigenvalue weighted by Gasteiger charge is 2.51. The minimum absolute atomic E-state index is 0.0183. The van der Waals surface area contributed by atoms with E-state index in [-0.39, 0.29) is 5.92 Å². The molecule has 0 aromatic rings. The molecule has 0 aromatic carbocycles. The largest absolute Gasteiger partial charge is 0.456 e. The van der Waals surface area contributed by atoms with E-state index in [1.807, 2.05) is 20.8 Å². The second-order valence-corrected chi connectivity index (χ2v) is 6.01. The number of esters is 3. The van der Waals surface area contributed by atoms with Crippen molar-refractivity contribution >= 4 is 17.9 Å². The zero-order valence-corrected chi connectivity index (χ0v) is 14.5. The van der Waals surface area contributed by atoms with Gasteiger partial charge in [0.05, 0.1) is 6.10 Å². The van der Waals surface area contributed by atoms with Gasteiger partial charge >= 0.3 is 17.9 Å². The Balaban J connectivity index is 3.22. The maximum atomic E-state index is 11.5. The standard InChI is InChI=1S/C16H26O7/c1-7-12-14(20-9(4)17)16(22-11(6)19)15(21-10(5)18)13(23-12)8(2)3/h8,12-16H,7H2,1-6H3. The summed E-state index contributed by atoms with van der Waals surface area (Å²) in [7, 11) is 0. The Bertz CT molecular complexity index is 446. The van der Waals surface area contributed by atoms with Crippen LogP contribution in [0.15, 0.2) is 0 Å². The van der Waals surface area contributed by atoms with Crippen LogP contribution < -0.4 is 0 Å². The van der Waals surface area contributed by atoms with Gasteiger partial charge < -0.3 is 18.9 Å². The third kappa shape index (κ3) is 5.20. The molecule has 132 valence electrons. The SMILES string of the molecule is CCC1OC(C(C)C)C(OC(C)=O)C(OC(C)=O)C1OC(C)=O. The van der Waals surface area contributed by atoms with Crippen molar-refractivity contribution in [1.82, 2.24) is 0 Å². The van der Waals surface area contributed by atoms with E-state index in [9.17, 15) is 14.4 Å². The van der Waals surface area contributed by atoms with Gasteiger partial charge in [0.2, 0.25) is 0 Å². The molecule has 5 unspecified atom stereocenters. The summed E-state index contributed by atoms with van der Waals surface area (Å²) >= 11 is 0. The number of carbonyl (C=O) groups is 3. The van der Waals surface area contributed by atoms with Crippen molar-refractivity contribution in [3.63, 3.8) is 0 Å². The van der Waals surface area contributed by atoms with Crippen LogP contribution >= 0.6 is 0 Å². The summed E-state index contributed by atoms with van der Waals surface area (Å²) in [4.78, 5) is 34.4. The van der Waals surface area contributed by atoms with E-state index in [1.165, 1.54) is 20.8 Å². The molecule has 1 rings (SSSR count). The second-order valence-electron chi connectivity index (χ2n) is 6.01. The lowest BCUT2D eigenvalue weighted by Gasteiger charge is -2.46. The van der Waals surface area contributed by atoms with E-state index < -0.39 is 48.4 Å². The summed E-state index contributed by atoms with van der Waals surface area (Å²) in [5, 5.41) is 0. The summed E-state index contributed by atoms with van der Waals surface area (Å²) in [5.74, 6) is -1.55. The monoisotopic (exact) mass is 330 g/mol. The zero-order valence-electron chi connectivity index (χ0n) is 14.5. The van der Waals surface area contributed by atoms with Crippen LogP contribution in [0.5, 0.6) is 0 Å². The van der Waals surface area contributed by atoms with Gasteiger partial charge in [0.15, 0.2) is 18.3 Å². The van der Waals surface area contributed by atoms with E-state index in [2.05, 4.69) is 0 Å². The minimum atomic E-state index is -0.897. The lowest BCUT2D eigenvalue weighted by atomic mass is 9.88. The van der Waals surface area contributed by atoms with Gasteiger partial charge in [-0.1, -0.05) is 20.8 Å². The third-order valence-corrected chi connectivity index (χ3v) is 3.64. The summed E-state index contributed by atoms with van der Waals surface area (Å²) < 4.78 is 22.0. The lowest BCUT2D eigenvalue weighted by Crippen LogP contribution is -2.62. The smallest absolute Gasteiger partial charge is 0.303 e. The summed E-state index contributed by atoms with van der Waals surface area (Å²) in [6.07, 6.45) is -2.88. The molecule has 0 aromatic heterocycles. The van der Waals surface area contributed by atoms with E-state index in [0.29, 0.717) is 6.42 Å². The van der Waals surface area contributed by atoms with Crippen molar-refractivity contribution in [3.05, 3.63) is 0 Å². The first kappa shape index (κ1) is 19.4. The van der Waals surface area contributed by atoms with Crippen LogP contribution in [0.25, 0.3) is 0 Å². The summed E-state index contributed by atoms with van der Waals surface area (Å²) in [6.45, 7) is 9.53. The Labute approximate surface area is 136 Å². The van der Waals surface area contributed by atoms with Gasteiger partial charge in [0.25, 0.3) is 0 Å². The fourth-order valence-electron chi connectivity index (χ4n) is 2.79. The minimum Gasteiger partial charge on any atom is -0.456 e. The van der Waals surface area contributed by atoms with Crippen LogP contribution in [-0.4, -0.2) is 48.4 Å². The molecule has 0 N–H and O–H groups in total. The molecule has 7 heteroatoms. The van der Waals surface area contributed by atoms with Gasteiger partial charge in [-0.3, -0.25) is 14.4 Å². The number of hydrogen-bond acceptors (Lipinski definition) is 7. The molecule has 1 aliphatic rings. The molecule has 5 atom stereocenters. The average Bonchev–Trinajstić information content (AvgIpc) is 2.40. The first-order valence-corrected chi connectivity index (χ1v) is 7.84. The van der Waals surface area contributed by atoms with Crippen LogP contribution in [0.2, 0.25) is 0 Å². The quantitative estimate of drug-likeness (QED) is 0.559. The Morgan fingerprint density at radius 1 is 0.870 bits per heavy atom. The first-order chi connectivity index (χ1) is 10.7. The van der Waals surface area contributed by atoms with Crippen LogP contribution in [0, 0.1) is 5.92 Å². The Morgan fingerprint density at radius 3 is 1.70 bits per heavy atom. The van der Waals surface area contributed by atoms with E-state index in [1.54, 1.807) is 0 Å². The van der Waals surface area contributed by atoms with Gasteiger partial charge in [0, 0.05) is 20.8 Å². The Morgan fingerprint density at radius 2 is 1.30 bits per heavy atom. The third-order valence-electron chi connectivity index (χ3n) is 3.64. The Kier molecular flexibility index (Phi) is 7.00. The van der Waals surface area contributed by atoms with Crippen molar-refractivity contribution in [2.75, 3.05) is 0 Å². The summed E-state index contributed by atoms with van der Waals surface area (Å²) in [5.41, 5.74) is 0. The normalized spacial score (nSPS) is 30.7. The molecule has 1 aliphatic heterocycles. The van der Waals surface area contributed by atoms with Crippen molar-refractivity contribution in [3.8, 4) is 0 Å². The predicted octanol–water partition coefficient (Wildman–Crippen LogP) is 1.61. The second kappa shape index (κ2) is 8.29. The molecule has 0 radical (unpaired) electrons. The van der Waals surface area contributed by atoms with Gasteiger partial charge in [-0.2, -0.15) is 0 Å². The highest BCUT2D eigenvalue weighted by molar-refractivity contribution is 5.68. The van der Waals surface area contributed by atoms with E-state index in [0.717, 1.165) is 0 Å². The lowest BCUT2D eigenvalue weighted by molar-refractivity contribution is -0.253. The zero-order chi connectivity index (χ0) is 17.7. The number of ether oxygens (including phenoxy) is 4. The molecule has 0 amide bonds. The highest BCUT2D eigenvalue weighted by atomic mass is 16.6. The number of hydrogen-bond donors (Lipinski definition) is 0. The molecule has 1 heterocycles. The molecule has 1 saturated heterocycles. The Hall–Kier alpha value is -1.63. The fourth-order valence-corrected chi connectivity index (χ4v) is 2.79. The van der Waals surface area contributed by atoms with Gasteiger partial charge in [0.1, 0.15) is 6.10 Å². The van der Waals surface area contributed by atoms with Crippen LogP contribution in [0.3, 0.4) is 0 Å². The highest BCUT2D eigenvalue weighted by Crippen LogP contribution is 2.33. The predicted molar refractivity (Wildman–Crippen MR) is 80.5 cm³/mol. The molecule has 0 spiro atoms. The van der Waals surface area contributed by atoms with Crippen LogP contribution in [0.1, 0.15) is 48.0 Å². The van der Waals surface area contributed by atoms with Crippen molar-refractivity contribution in [1.29, 1.82) is 0 Å². The van der Waals surface area contributed by atoms with E-state index in [4.69, 9.17) is 18.9 Å². The van der Waals surface area contributed by atoms with Crippen molar-refractivity contribution < 1.29 is 33.3 Å². The molecule has 0 bridgehead atoms.